The van der Waals surface area contributed by atoms with Crippen LogP contribution < -0.4 is 15.8 Å². The van der Waals surface area contributed by atoms with E-state index in [4.69, 9.17) is 10.5 Å². The van der Waals surface area contributed by atoms with Crippen LogP contribution in [0.5, 0.6) is 11.5 Å². The minimum Gasteiger partial charge on any atom is -0.457 e. The smallest absolute Gasteiger partial charge is 0.224 e. The molecule has 1 amide bonds. The van der Waals surface area contributed by atoms with E-state index in [0.717, 1.165) is 11.1 Å². The van der Waals surface area contributed by atoms with Crippen molar-refractivity contribution in [2.45, 2.75) is 20.4 Å². The summed E-state index contributed by atoms with van der Waals surface area (Å²) >= 11 is 0. The Labute approximate surface area is 147 Å². The zero-order chi connectivity index (χ0) is 16.8. The highest BCUT2D eigenvalue weighted by molar-refractivity contribution is 5.85. The molecule has 2 rings (SSSR count). The molecule has 0 heterocycles. The zero-order valence-corrected chi connectivity index (χ0v) is 14.5. The van der Waals surface area contributed by atoms with E-state index in [1.54, 1.807) is 19.1 Å². The Bertz CT molecular complexity index is 677. The Morgan fingerprint density at radius 2 is 1.92 bits per heavy atom. The third-order valence-electron chi connectivity index (χ3n) is 3.55. The zero-order valence-electron chi connectivity index (χ0n) is 13.7. The summed E-state index contributed by atoms with van der Waals surface area (Å²) in [6.07, 6.45) is 0. The van der Waals surface area contributed by atoms with Crippen LogP contribution in [-0.2, 0) is 11.3 Å². The molecular formula is C18H22ClFN2O2. The number of amides is 1. The van der Waals surface area contributed by atoms with Gasteiger partial charge < -0.3 is 15.8 Å². The average molecular weight is 353 g/mol. The summed E-state index contributed by atoms with van der Waals surface area (Å²) in [6.45, 7) is 4.49. The summed E-state index contributed by atoms with van der Waals surface area (Å²) in [5.41, 5.74) is 7.38. The topological polar surface area (TPSA) is 64.4 Å². The van der Waals surface area contributed by atoms with Crippen LogP contribution in [0.25, 0.3) is 0 Å². The van der Waals surface area contributed by atoms with Crippen LogP contribution in [0.1, 0.15) is 18.1 Å². The van der Waals surface area contributed by atoms with Gasteiger partial charge >= 0.3 is 0 Å². The normalized spacial score (nSPS) is 11.3. The largest absolute Gasteiger partial charge is 0.457 e. The molecule has 0 radical (unpaired) electrons. The molecule has 130 valence electrons. The highest BCUT2D eigenvalue weighted by atomic mass is 35.5. The lowest BCUT2D eigenvalue weighted by Gasteiger charge is -2.12. The third-order valence-corrected chi connectivity index (χ3v) is 3.55. The Balaban J connectivity index is 0.00000288. The van der Waals surface area contributed by atoms with Crippen LogP contribution in [0, 0.1) is 18.7 Å². The lowest BCUT2D eigenvalue weighted by molar-refractivity contribution is -0.124. The van der Waals surface area contributed by atoms with Crippen molar-refractivity contribution in [3.05, 3.63) is 59.4 Å². The number of carbonyl (C=O) groups is 1. The predicted octanol–water partition coefficient (Wildman–Crippen LogP) is 3.56. The molecule has 0 aliphatic heterocycles. The van der Waals surface area contributed by atoms with Crippen LogP contribution in [0.4, 0.5) is 4.39 Å². The Kier molecular flexibility index (Phi) is 7.68. The lowest BCUT2D eigenvalue weighted by atomic mass is 10.1. The molecule has 0 spiro atoms. The Morgan fingerprint density at radius 3 is 2.50 bits per heavy atom. The van der Waals surface area contributed by atoms with Crippen molar-refractivity contribution in [2.75, 3.05) is 6.54 Å². The summed E-state index contributed by atoms with van der Waals surface area (Å²) in [5.74, 6) is 0.718. The monoisotopic (exact) mass is 352 g/mol. The van der Waals surface area contributed by atoms with Crippen LogP contribution >= 0.6 is 12.4 Å². The molecular weight excluding hydrogens is 331 g/mol. The average Bonchev–Trinajstić information content (AvgIpc) is 2.56. The van der Waals surface area contributed by atoms with Gasteiger partial charge in [0.25, 0.3) is 0 Å². The highest BCUT2D eigenvalue weighted by Crippen LogP contribution is 2.25. The number of nitrogens with one attached hydrogen (secondary N) is 1. The molecule has 2 aromatic carbocycles. The van der Waals surface area contributed by atoms with E-state index in [1.165, 1.54) is 12.1 Å². The first-order valence-corrected chi connectivity index (χ1v) is 7.50. The Morgan fingerprint density at radius 1 is 1.25 bits per heavy atom. The second-order valence-electron chi connectivity index (χ2n) is 5.51. The van der Waals surface area contributed by atoms with Crippen molar-refractivity contribution in [3.63, 3.8) is 0 Å². The molecule has 2 aromatic rings. The van der Waals surface area contributed by atoms with Crippen molar-refractivity contribution in [1.82, 2.24) is 5.32 Å². The number of nitrogens with two attached hydrogens (primary N) is 1. The molecule has 0 saturated heterocycles. The van der Waals surface area contributed by atoms with Gasteiger partial charge in [-0.2, -0.15) is 0 Å². The number of hydrogen-bond acceptors (Lipinski definition) is 3. The number of benzene rings is 2. The Hall–Kier alpha value is -2.11. The van der Waals surface area contributed by atoms with Gasteiger partial charge in [-0.25, -0.2) is 4.39 Å². The third kappa shape index (κ3) is 5.51. The number of aryl methyl sites for hydroxylation is 1. The number of rotatable bonds is 6. The molecule has 6 heteroatoms. The molecule has 0 saturated carbocycles. The first-order valence-electron chi connectivity index (χ1n) is 7.50. The maximum absolute atomic E-state index is 12.9. The number of ether oxygens (including phenoxy) is 1. The summed E-state index contributed by atoms with van der Waals surface area (Å²) < 4.78 is 18.6. The summed E-state index contributed by atoms with van der Waals surface area (Å²) in [4.78, 5) is 11.7. The number of carbonyl (C=O) groups excluding carboxylic acids is 1. The summed E-state index contributed by atoms with van der Waals surface area (Å²) in [7, 11) is 0. The van der Waals surface area contributed by atoms with E-state index in [1.807, 2.05) is 25.1 Å². The second kappa shape index (κ2) is 9.25. The second-order valence-corrected chi connectivity index (χ2v) is 5.51. The molecule has 1 atom stereocenters. The van der Waals surface area contributed by atoms with Gasteiger partial charge in [-0.1, -0.05) is 19.1 Å². The van der Waals surface area contributed by atoms with Gasteiger partial charge in [0.1, 0.15) is 17.3 Å². The van der Waals surface area contributed by atoms with E-state index in [-0.39, 0.29) is 30.0 Å². The van der Waals surface area contributed by atoms with Crippen molar-refractivity contribution >= 4 is 18.3 Å². The van der Waals surface area contributed by atoms with Crippen LogP contribution in [0.15, 0.2) is 42.5 Å². The van der Waals surface area contributed by atoms with Gasteiger partial charge in [0.2, 0.25) is 5.91 Å². The number of hydrogen-bond donors (Lipinski definition) is 2. The molecule has 0 fully saturated rings. The maximum atomic E-state index is 12.9. The lowest BCUT2D eigenvalue weighted by Crippen LogP contribution is -2.32. The first kappa shape index (κ1) is 19.9. The van der Waals surface area contributed by atoms with E-state index in [9.17, 15) is 9.18 Å². The summed E-state index contributed by atoms with van der Waals surface area (Å²) in [6, 6.07) is 11.5. The van der Waals surface area contributed by atoms with Gasteiger partial charge in [0, 0.05) is 19.0 Å². The fourth-order valence-electron chi connectivity index (χ4n) is 2.04. The van der Waals surface area contributed by atoms with Gasteiger partial charge in [0.15, 0.2) is 0 Å². The van der Waals surface area contributed by atoms with E-state index in [0.29, 0.717) is 24.6 Å². The molecule has 0 aromatic heterocycles. The fourth-order valence-corrected chi connectivity index (χ4v) is 2.04. The maximum Gasteiger partial charge on any atom is 0.224 e. The van der Waals surface area contributed by atoms with Crippen LogP contribution in [-0.4, -0.2) is 12.5 Å². The molecule has 0 aliphatic carbocycles. The van der Waals surface area contributed by atoms with Crippen molar-refractivity contribution in [2.24, 2.45) is 11.7 Å². The molecule has 3 N–H and O–H groups in total. The minimum atomic E-state index is -0.299. The van der Waals surface area contributed by atoms with Crippen LogP contribution in [0.2, 0.25) is 0 Å². The van der Waals surface area contributed by atoms with Crippen molar-refractivity contribution < 1.29 is 13.9 Å². The van der Waals surface area contributed by atoms with Gasteiger partial charge in [0.05, 0.1) is 0 Å². The van der Waals surface area contributed by atoms with E-state index < -0.39 is 0 Å². The molecule has 0 bridgehead atoms. The van der Waals surface area contributed by atoms with Crippen molar-refractivity contribution in [1.29, 1.82) is 0 Å². The van der Waals surface area contributed by atoms with Crippen LogP contribution in [0.3, 0.4) is 0 Å². The van der Waals surface area contributed by atoms with E-state index in [2.05, 4.69) is 5.32 Å². The van der Waals surface area contributed by atoms with Gasteiger partial charge in [-0.15, -0.1) is 12.4 Å². The summed E-state index contributed by atoms with van der Waals surface area (Å²) in [5, 5.41) is 2.85. The molecule has 1 unspecified atom stereocenters. The molecule has 4 nitrogen and oxygen atoms in total. The SMILES string of the molecule is Cc1cc(CNC(=O)C(C)CN)ccc1Oc1ccc(F)cc1.Cl. The standard InChI is InChI=1S/C18H21FN2O2.ClH/c1-12-9-14(11-21-18(22)13(2)10-20)3-8-17(12)23-16-6-4-15(19)5-7-16;/h3-9,13H,10-11,20H2,1-2H3,(H,21,22);1H. The highest BCUT2D eigenvalue weighted by Gasteiger charge is 2.10. The van der Waals surface area contributed by atoms with Crippen molar-refractivity contribution in [3.8, 4) is 11.5 Å². The van der Waals surface area contributed by atoms with Gasteiger partial charge in [-0.05, 0) is 48.4 Å². The fraction of sp³-hybridized carbons (Fsp3) is 0.278. The van der Waals surface area contributed by atoms with E-state index >= 15 is 0 Å². The number of halogens is 2. The minimum absolute atomic E-state index is 0. The molecule has 0 aliphatic rings. The molecule has 24 heavy (non-hydrogen) atoms. The quantitative estimate of drug-likeness (QED) is 0.835. The predicted molar refractivity (Wildman–Crippen MR) is 95.0 cm³/mol. The van der Waals surface area contributed by atoms with Gasteiger partial charge in [-0.3, -0.25) is 4.79 Å². The first-order chi connectivity index (χ1) is 11.0.